The lowest BCUT2D eigenvalue weighted by atomic mass is 10.1. The van der Waals surface area contributed by atoms with Gasteiger partial charge < -0.3 is 14.6 Å². The second kappa shape index (κ2) is 9.60. The molecule has 1 N–H and O–H groups in total. The Bertz CT molecular complexity index is 963. The molecule has 0 aliphatic heterocycles. The maximum atomic E-state index is 12.5. The number of amides is 1. The van der Waals surface area contributed by atoms with E-state index in [-0.39, 0.29) is 11.7 Å². The third-order valence-corrected chi connectivity index (χ3v) is 5.50. The molecule has 7 heteroatoms. The van der Waals surface area contributed by atoms with E-state index in [4.69, 9.17) is 4.74 Å². The van der Waals surface area contributed by atoms with Crippen LogP contribution in [0.1, 0.15) is 25.0 Å². The van der Waals surface area contributed by atoms with Gasteiger partial charge in [0.2, 0.25) is 5.91 Å². The van der Waals surface area contributed by atoms with Crippen LogP contribution in [-0.4, -0.2) is 33.0 Å². The van der Waals surface area contributed by atoms with E-state index in [2.05, 4.69) is 15.5 Å². The first-order valence-electron chi connectivity index (χ1n) is 9.68. The summed E-state index contributed by atoms with van der Waals surface area (Å²) in [5.74, 6) is 1.83. The minimum atomic E-state index is -0.0549. The lowest BCUT2D eigenvalue weighted by Crippen LogP contribution is -2.16. The molecule has 1 amide bonds. The molecule has 3 aromatic rings. The van der Waals surface area contributed by atoms with Crippen LogP contribution in [0.3, 0.4) is 0 Å². The first-order chi connectivity index (χ1) is 14.0. The fourth-order valence-electron chi connectivity index (χ4n) is 3.08. The van der Waals surface area contributed by atoms with Crippen molar-refractivity contribution in [3.05, 3.63) is 53.6 Å². The summed E-state index contributed by atoms with van der Waals surface area (Å²) in [4.78, 5) is 12.5. The molecular weight excluding hydrogens is 384 g/mol. The zero-order chi connectivity index (χ0) is 20.8. The number of para-hydroxylation sites is 1. The Kier molecular flexibility index (Phi) is 6.93. The number of nitrogens with zero attached hydrogens (tertiary/aromatic N) is 3. The summed E-state index contributed by atoms with van der Waals surface area (Å²) < 4.78 is 7.52. The molecule has 0 atom stereocenters. The summed E-state index contributed by atoms with van der Waals surface area (Å²) >= 11 is 1.39. The van der Waals surface area contributed by atoms with Crippen molar-refractivity contribution >= 4 is 23.4 Å². The van der Waals surface area contributed by atoms with Gasteiger partial charge in [0.25, 0.3) is 0 Å². The number of hydrogen-bond acceptors (Lipinski definition) is 5. The van der Waals surface area contributed by atoms with E-state index in [1.807, 2.05) is 74.7 Å². The van der Waals surface area contributed by atoms with Crippen LogP contribution in [0.2, 0.25) is 0 Å². The van der Waals surface area contributed by atoms with Crippen molar-refractivity contribution in [2.45, 2.75) is 39.4 Å². The SMILES string of the molecule is CCOc1ccc(-c2nnc(SCC(=O)Nc3c(C)cccc3C)n2CC)cc1. The highest BCUT2D eigenvalue weighted by atomic mass is 32.2. The lowest BCUT2D eigenvalue weighted by molar-refractivity contribution is -0.113. The maximum Gasteiger partial charge on any atom is 0.234 e. The number of carbonyl (C=O) groups is 1. The van der Waals surface area contributed by atoms with Crippen LogP contribution in [0.5, 0.6) is 5.75 Å². The van der Waals surface area contributed by atoms with Crippen LogP contribution in [-0.2, 0) is 11.3 Å². The molecule has 0 saturated heterocycles. The van der Waals surface area contributed by atoms with Crippen molar-refractivity contribution in [1.29, 1.82) is 0 Å². The predicted octanol–water partition coefficient (Wildman–Crippen LogP) is 4.71. The van der Waals surface area contributed by atoms with Gasteiger partial charge in [0.15, 0.2) is 11.0 Å². The minimum Gasteiger partial charge on any atom is -0.494 e. The highest BCUT2D eigenvalue weighted by Crippen LogP contribution is 2.26. The van der Waals surface area contributed by atoms with Crippen molar-refractivity contribution in [2.24, 2.45) is 0 Å². The van der Waals surface area contributed by atoms with Gasteiger partial charge in [-0.05, 0) is 63.1 Å². The van der Waals surface area contributed by atoms with E-state index in [1.165, 1.54) is 11.8 Å². The molecule has 0 aliphatic carbocycles. The number of aryl methyl sites for hydroxylation is 2. The largest absolute Gasteiger partial charge is 0.494 e. The highest BCUT2D eigenvalue weighted by molar-refractivity contribution is 7.99. The van der Waals surface area contributed by atoms with Gasteiger partial charge in [-0.15, -0.1) is 10.2 Å². The van der Waals surface area contributed by atoms with E-state index < -0.39 is 0 Å². The zero-order valence-corrected chi connectivity index (χ0v) is 18.0. The van der Waals surface area contributed by atoms with Crippen molar-refractivity contribution < 1.29 is 9.53 Å². The van der Waals surface area contributed by atoms with Crippen LogP contribution in [0.15, 0.2) is 47.6 Å². The van der Waals surface area contributed by atoms with Crippen molar-refractivity contribution in [3.63, 3.8) is 0 Å². The second-order valence-corrected chi connectivity index (χ2v) is 7.55. The first-order valence-corrected chi connectivity index (χ1v) is 10.7. The number of ether oxygens (including phenoxy) is 1. The van der Waals surface area contributed by atoms with Gasteiger partial charge in [0, 0.05) is 17.8 Å². The Hall–Kier alpha value is -2.80. The van der Waals surface area contributed by atoms with Gasteiger partial charge in [-0.25, -0.2) is 0 Å². The van der Waals surface area contributed by atoms with Crippen molar-refractivity contribution in [2.75, 3.05) is 17.7 Å². The number of anilines is 1. The fraction of sp³-hybridized carbons (Fsp3) is 0.318. The summed E-state index contributed by atoms with van der Waals surface area (Å²) in [6.07, 6.45) is 0. The van der Waals surface area contributed by atoms with Crippen molar-refractivity contribution in [1.82, 2.24) is 14.8 Å². The summed E-state index contributed by atoms with van der Waals surface area (Å²) in [6.45, 7) is 9.34. The second-order valence-electron chi connectivity index (χ2n) is 6.61. The van der Waals surface area contributed by atoms with Crippen molar-refractivity contribution in [3.8, 4) is 17.1 Å². The van der Waals surface area contributed by atoms with Gasteiger partial charge in [0.05, 0.1) is 12.4 Å². The van der Waals surface area contributed by atoms with E-state index in [0.717, 1.165) is 45.7 Å². The Morgan fingerprint density at radius 3 is 2.38 bits per heavy atom. The Morgan fingerprint density at radius 1 is 1.07 bits per heavy atom. The number of hydrogen-bond donors (Lipinski definition) is 1. The van der Waals surface area contributed by atoms with Crippen LogP contribution in [0.4, 0.5) is 5.69 Å². The van der Waals surface area contributed by atoms with E-state index in [1.54, 1.807) is 0 Å². The summed E-state index contributed by atoms with van der Waals surface area (Å²) in [7, 11) is 0. The molecule has 1 aromatic heterocycles. The van der Waals surface area contributed by atoms with Gasteiger partial charge >= 0.3 is 0 Å². The molecule has 0 aliphatic rings. The average Bonchev–Trinajstić information content (AvgIpc) is 3.13. The lowest BCUT2D eigenvalue weighted by Gasteiger charge is -2.11. The molecule has 6 nitrogen and oxygen atoms in total. The number of carbonyl (C=O) groups excluding carboxylic acids is 1. The summed E-state index contributed by atoms with van der Waals surface area (Å²) in [6, 6.07) is 13.8. The molecule has 152 valence electrons. The number of benzene rings is 2. The third kappa shape index (κ3) is 4.98. The molecule has 0 fully saturated rings. The molecule has 1 heterocycles. The number of thioether (sulfide) groups is 1. The number of nitrogens with one attached hydrogen (secondary N) is 1. The van der Waals surface area contributed by atoms with Gasteiger partial charge in [0.1, 0.15) is 5.75 Å². The van der Waals surface area contributed by atoms with Crippen LogP contribution < -0.4 is 10.1 Å². The number of aromatic nitrogens is 3. The van der Waals surface area contributed by atoms with Crippen LogP contribution >= 0.6 is 11.8 Å². The normalized spacial score (nSPS) is 10.8. The Balaban J connectivity index is 1.69. The third-order valence-electron chi connectivity index (χ3n) is 4.53. The average molecular weight is 411 g/mol. The van der Waals surface area contributed by atoms with Gasteiger partial charge in [-0.1, -0.05) is 30.0 Å². The first kappa shape index (κ1) is 20.9. The smallest absolute Gasteiger partial charge is 0.234 e. The van der Waals surface area contributed by atoms with Crippen LogP contribution in [0, 0.1) is 13.8 Å². The fourth-order valence-corrected chi connectivity index (χ4v) is 3.88. The van der Waals surface area contributed by atoms with Gasteiger partial charge in [-0.2, -0.15) is 0 Å². The quantitative estimate of drug-likeness (QED) is 0.545. The molecular formula is C22H26N4O2S. The molecule has 0 saturated carbocycles. The minimum absolute atomic E-state index is 0.0549. The standard InChI is InChI=1S/C22H26N4O2S/c1-5-26-21(17-10-12-18(13-11-17)28-6-2)24-25-22(26)29-14-19(27)23-20-15(3)8-7-9-16(20)4/h7-13H,5-6,14H2,1-4H3,(H,23,27). The van der Waals surface area contributed by atoms with E-state index in [9.17, 15) is 4.79 Å². The zero-order valence-electron chi connectivity index (χ0n) is 17.2. The molecule has 3 rings (SSSR count). The summed E-state index contributed by atoms with van der Waals surface area (Å²) in [5.41, 5.74) is 3.95. The van der Waals surface area contributed by atoms with E-state index >= 15 is 0 Å². The predicted molar refractivity (Wildman–Crippen MR) is 118 cm³/mol. The molecule has 2 aromatic carbocycles. The van der Waals surface area contributed by atoms with Gasteiger partial charge in [-0.3, -0.25) is 4.79 Å². The monoisotopic (exact) mass is 410 g/mol. The molecule has 0 spiro atoms. The highest BCUT2D eigenvalue weighted by Gasteiger charge is 2.15. The maximum absolute atomic E-state index is 12.5. The molecule has 0 bridgehead atoms. The van der Waals surface area contributed by atoms with Crippen LogP contribution in [0.25, 0.3) is 11.4 Å². The molecule has 0 unspecified atom stereocenters. The molecule has 0 radical (unpaired) electrons. The Morgan fingerprint density at radius 2 is 1.76 bits per heavy atom. The topological polar surface area (TPSA) is 69.0 Å². The molecule has 29 heavy (non-hydrogen) atoms. The Labute approximate surface area is 175 Å². The van der Waals surface area contributed by atoms with E-state index in [0.29, 0.717) is 6.61 Å². The number of rotatable bonds is 8. The summed E-state index contributed by atoms with van der Waals surface area (Å²) in [5, 5.41) is 12.4.